The molecule has 1 saturated carbocycles. The average Bonchev–Trinajstić information content (AvgIpc) is 2.46. The Morgan fingerprint density at radius 2 is 1.95 bits per heavy atom. The predicted octanol–water partition coefficient (Wildman–Crippen LogP) is 5.10. The van der Waals surface area contributed by atoms with Crippen molar-refractivity contribution in [3.63, 3.8) is 0 Å². The van der Waals surface area contributed by atoms with Gasteiger partial charge in [0.05, 0.1) is 16.1 Å². The van der Waals surface area contributed by atoms with Gasteiger partial charge in [-0.15, -0.1) is 0 Å². The van der Waals surface area contributed by atoms with Crippen LogP contribution in [0.3, 0.4) is 0 Å². The lowest BCUT2D eigenvalue weighted by molar-refractivity contribution is 0.215. The molecule has 1 atom stereocenters. The van der Waals surface area contributed by atoms with E-state index >= 15 is 0 Å². The molecule has 2 rings (SSSR count). The van der Waals surface area contributed by atoms with Crippen LogP contribution in [-0.2, 0) is 0 Å². The molecule has 1 aromatic rings. The van der Waals surface area contributed by atoms with Crippen LogP contribution in [-0.4, -0.2) is 0 Å². The molecule has 1 aromatic carbocycles. The van der Waals surface area contributed by atoms with Gasteiger partial charge >= 0.3 is 0 Å². The first kappa shape index (κ1) is 16.1. The van der Waals surface area contributed by atoms with E-state index < -0.39 is 0 Å². The maximum absolute atomic E-state index is 6.34. The Bertz CT molecular complexity index is 428. The largest absolute Gasteiger partial charge is 0.271 e. The maximum Gasteiger partial charge on any atom is 0.0640 e. The van der Waals surface area contributed by atoms with Gasteiger partial charge in [0.25, 0.3) is 0 Å². The van der Waals surface area contributed by atoms with Crippen LogP contribution in [0.4, 0.5) is 0 Å². The zero-order valence-corrected chi connectivity index (χ0v) is 13.6. The summed E-state index contributed by atoms with van der Waals surface area (Å²) in [6.07, 6.45) is 7.66. The summed E-state index contributed by atoms with van der Waals surface area (Å²) < 4.78 is 0. The molecule has 0 aromatic heterocycles. The van der Waals surface area contributed by atoms with E-state index in [2.05, 4.69) is 12.3 Å². The Morgan fingerprint density at radius 1 is 1.25 bits per heavy atom. The lowest BCUT2D eigenvalue weighted by Crippen LogP contribution is -2.35. The highest BCUT2D eigenvalue weighted by Gasteiger charge is 2.29. The van der Waals surface area contributed by atoms with Gasteiger partial charge in [0.2, 0.25) is 0 Å². The van der Waals surface area contributed by atoms with E-state index in [4.69, 9.17) is 29.0 Å². The van der Waals surface area contributed by atoms with Crippen molar-refractivity contribution in [3.8, 4) is 0 Å². The van der Waals surface area contributed by atoms with Crippen LogP contribution in [0.2, 0.25) is 10.0 Å². The van der Waals surface area contributed by atoms with Gasteiger partial charge in [0.15, 0.2) is 0 Å². The predicted molar refractivity (Wildman–Crippen MR) is 86.9 cm³/mol. The number of hydrogen-bond acceptors (Lipinski definition) is 2. The summed E-state index contributed by atoms with van der Waals surface area (Å²) in [5.74, 6) is 7.23. The number of nitrogens with two attached hydrogens (primary N) is 1. The molecular weight excluding hydrogens is 291 g/mol. The Balaban J connectivity index is 2.08. The Labute approximate surface area is 132 Å². The van der Waals surface area contributed by atoms with E-state index in [0.29, 0.717) is 16.0 Å². The minimum atomic E-state index is 0.101. The van der Waals surface area contributed by atoms with Gasteiger partial charge in [-0.05, 0) is 36.3 Å². The van der Waals surface area contributed by atoms with Gasteiger partial charge in [-0.3, -0.25) is 11.3 Å². The number of hydrazine groups is 1. The number of hydrogen-bond donors (Lipinski definition) is 2. The normalized spacial score (nSPS) is 24.6. The van der Waals surface area contributed by atoms with Crippen LogP contribution in [0.5, 0.6) is 0 Å². The summed E-state index contributed by atoms with van der Waals surface area (Å²) in [6.45, 7) is 2.27. The topological polar surface area (TPSA) is 38.0 Å². The fourth-order valence-corrected chi connectivity index (χ4v) is 3.88. The molecule has 1 fully saturated rings. The van der Waals surface area contributed by atoms with Crippen molar-refractivity contribution in [3.05, 3.63) is 33.8 Å². The van der Waals surface area contributed by atoms with Crippen LogP contribution in [0, 0.1) is 11.8 Å². The van der Waals surface area contributed by atoms with E-state index in [9.17, 15) is 0 Å². The van der Waals surface area contributed by atoms with Crippen LogP contribution < -0.4 is 11.3 Å². The number of rotatable bonds is 5. The first-order valence-electron chi connectivity index (χ1n) is 7.57. The van der Waals surface area contributed by atoms with Crippen molar-refractivity contribution in [2.45, 2.75) is 51.5 Å². The highest BCUT2D eigenvalue weighted by molar-refractivity contribution is 6.42. The second-order valence-corrected chi connectivity index (χ2v) is 6.64. The van der Waals surface area contributed by atoms with Crippen LogP contribution in [0.1, 0.15) is 57.1 Å². The molecule has 0 aliphatic heterocycles. The van der Waals surface area contributed by atoms with Crippen molar-refractivity contribution >= 4 is 23.2 Å². The number of nitrogens with one attached hydrogen (secondary N) is 1. The summed E-state index contributed by atoms with van der Waals surface area (Å²) in [7, 11) is 0. The van der Waals surface area contributed by atoms with Crippen molar-refractivity contribution in [2.75, 3.05) is 0 Å². The lowest BCUT2D eigenvalue weighted by Gasteiger charge is -2.34. The summed E-state index contributed by atoms with van der Waals surface area (Å²) in [6, 6.07) is 5.89. The first-order chi connectivity index (χ1) is 9.67. The monoisotopic (exact) mass is 314 g/mol. The number of benzene rings is 1. The lowest BCUT2D eigenvalue weighted by atomic mass is 9.75. The fourth-order valence-electron chi connectivity index (χ4n) is 3.46. The molecule has 1 aliphatic carbocycles. The van der Waals surface area contributed by atoms with Crippen molar-refractivity contribution < 1.29 is 0 Å². The van der Waals surface area contributed by atoms with E-state index in [1.165, 1.54) is 38.5 Å². The first-order valence-corrected chi connectivity index (χ1v) is 8.33. The van der Waals surface area contributed by atoms with Gasteiger partial charge in [0, 0.05) is 0 Å². The van der Waals surface area contributed by atoms with Crippen molar-refractivity contribution in [2.24, 2.45) is 17.7 Å². The molecule has 0 amide bonds. The van der Waals surface area contributed by atoms with Gasteiger partial charge < -0.3 is 0 Å². The molecule has 0 saturated heterocycles. The molecule has 4 heteroatoms. The zero-order valence-electron chi connectivity index (χ0n) is 12.0. The smallest absolute Gasteiger partial charge is 0.0640 e. The molecule has 0 bridgehead atoms. The minimum absolute atomic E-state index is 0.101. The van der Waals surface area contributed by atoms with Crippen LogP contribution in [0.15, 0.2) is 18.2 Å². The zero-order chi connectivity index (χ0) is 14.5. The second-order valence-electron chi connectivity index (χ2n) is 5.86. The standard InChI is InChI=1S/C16H24Cl2N2/c1-2-4-11-7-9-12(10-8-11)16(20-19)13-5-3-6-14(17)15(13)18/h3,5-6,11-12,16,20H,2,4,7-10,19H2,1H3. The molecule has 112 valence electrons. The quantitative estimate of drug-likeness (QED) is 0.586. The molecule has 0 heterocycles. The summed E-state index contributed by atoms with van der Waals surface area (Å²) >= 11 is 12.5. The van der Waals surface area contributed by atoms with E-state index in [1.807, 2.05) is 18.2 Å². The molecule has 1 unspecified atom stereocenters. The third-order valence-corrected chi connectivity index (χ3v) is 5.39. The molecule has 20 heavy (non-hydrogen) atoms. The molecule has 3 N–H and O–H groups in total. The molecular formula is C16H24Cl2N2. The SMILES string of the molecule is CCCC1CCC(C(NN)c2cccc(Cl)c2Cl)CC1. The van der Waals surface area contributed by atoms with Gasteiger partial charge in [-0.1, -0.05) is 67.9 Å². The van der Waals surface area contributed by atoms with E-state index in [1.54, 1.807) is 0 Å². The maximum atomic E-state index is 6.34. The van der Waals surface area contributed by atoms with Crippen molar-refractivity contribution in [1.29, 1.82) is 0 Å². The fraction of sp³-hybridized carbons (Fsp3) is 0.625. The minimum Gasteiger partial charge on any atom is -0.271 e. The van der Waals surface area contributed by atoms with Crippen LogP contribution >= 0.6 is 23.2 Å². The summed E-state index contributed by atoms with van der Waals surface area (Å²) in [5.41, 5.74) is 3.99. The number of halogens is 2. The molecule has 0 spiro atoms. The Hall–Kier alpha value is -0.280. The Morgan fingerprint density at radius 3 is 2.55 bits per heavy atom. The van der Waals surface area contributed by atoms with E-state index in [0.717, 1.165) is 11.5 Å². The van der Waals surface area contributed by atoms with Crippen molar-refractivity contribution in [1.82, 2.24) is 5.43 Å². The third-order valence-electron chi connectivity index (χ3n) is 4.56. The highest BCUT2D eigenvalue weighted by atomic mass is 35.5. The summed E-state index contributed by atoms with van der Waals surface area (Å²) in [4.78, 5) is 0. The third kappa shape index (κ3) is 3.67. The Kier molecular flexibility index (Phi) is 6.16. The van der Waals surface area contributed by atoms with Gasteiger partial charge in [-0.2, -0.15) is 0 Å². The summed E-state index contributed by atoms with van der Waals surface area (Å²) in [5, 5.41) is 1.23. The molecule has 1 aliphatic rings. The van der Waals surface area contributed by atoms with Gasteiger partial charge in [-0.25, -0.2) is 0 Å². The highest BCUT2D eigenvalue weighted by Crippen LogP contribution is 2.41. The molecule has 0 radical (unpaired) electrons. The molecule has 2 nitrogen and oxygen atoms in total. The van der Waals surface area contributed by atoms with Gasteiger partial charge in [0.1, 0.15) is 0 Å². The van der Waals surface area contributed by atoms with E-state index in [-0.39, 0.29) is 6.04 Å². The van der Waals surface area contributed by atoms with Crippen LogP contribution in [0.25, 0.3) is 0 Å². The second kappa shape index (κ2) is 7.65. The average molecular weight is 315 g/mol.